The van der Waals surface area contributed by atoms with E-state index in [0.29, 0.717) is 34.2 Å². The molecule has 0 amide bonds. The van der Waals surface area contributed by atoms with Crippen molar-refractivity contribution in [2.75, 3.05) is 0 Å². The van der Waals surface area contributed by atoms with Crippen LogP contribution in [-0.4, -0.2) is 10.8 Å². The normalized spacial score (nSPS) is 22.1. The van der Waals surface area contributed by atoms with E-state index in [9.17, 15) is 9.59 Å². The maximum absolute atomic E-state index is 12.6. The molecule has 2 aromatic rings. The summed E-state index contributed by atoms with van der Waals surface area (Å²) in [7, 11) is 0. The highest BCUT2D eigenvalue weighted by atomic mass is 35.5. The van der Waals surface area contributed by atoms with Crippen molar-refractivity contribution in [1.82, 2.24) is 4.98 Å². The molecule has 2 aliphatic rings. The predicted molar refractivity (Wildman–Crippen MR) is 83.1 cm³/mol. The summed E-state index contributed by atoms with van der Waals surface area (Å²) in [4.78, 5) is 28.3. The predicted octanol–water partition coefficient (Wildman–Crippen LogP) is 3.73. The Morgan fingerprint density at radius 3 is 2.62 bits per heavy atom. The van der Waals surface area contributed by atoms with Gasteiger partial charge in [-0.25, -0.2) is 0 Å². The van der Waals surface area contributed by atoms with Crippen LogP contribution in [0, 0.1) is 11.8 Å². The summed E-state index contributed by atoms with van der Waals surface area (Å²) >= 11 is 5.96. The fraction of sp³-hybridized carbons (Fsp3) is 0.412. The average Bonchev–Trinajstić information content (AvgIpc) is 2.37. The van der Waals surface area contributed by atoms with Gasteiger partial charge in [0.1, 0.15) is 0 Å². The van der Waals surface area contributed by atoms with Crippen molar-refractivity contribution in [2.24, 2.45) is 11.8 Å². The summed E-state index contributed by atoms with van der Waals surface area (Å²) in [6.45, 7) is 0. The molecule has 0 saturated heterocycles. The summed E-state index contributed by atoms with van der Waals surface area (Å²) < 4.78 is 0. The van der Waals surface area contributed by atoms with Gasteiger partial charge in [-0.2, -0.15) is 0 Å². The molecule has 3 nitrogen and oxygen atoms in total. The van der Waals surface area contributed by atoms with Gasteiger partial charge in [0.2, 0.25) is 5.43 Å². The third-order valence-corrected chi connectivity index (χ3v) is 5.28. The van der Waals surface area contributed by atoms with E-state index in [1.165, 1.54) is 19.3 Å². The number of hydrogen-bond donors (Lipinski definition) is 1. The fourth-order valence-corrected chi connectivity index (χ4v) is 3.85. The van der Waals surface area contributed by atoms with Crippen molar-refractivity contribution in [3.63, 3.8) is 0 Å². The first-order valence-corrected chi connectivity index (χ1v) is 7.89. The van der Waals surface area contributed by atoms with E-state index in [-0.39, 0.29) is 11.2 Å². The lowest BCUT2D eigenvalue weighted by molar-refractivity contribution is 0.0888. The van der Waals surface area contributed by atoms with Gasteiger partial charge in [0.25, 0.3) is 0 Å². The number of aromatic amines is 1. The SMILES string of the molecule is O=C1CC(C2CCC2)Cc2[nH]c3ccc(Cl)cc3c(=O)c21. The molecule has 2 aliphatic carbocycles. The molecular formula is C17H16ClNO2. The molecule has 0 spiro atoms. The topological polar surface area (TPSA) is 49.9 Å². The van der Waals surface area contributed by atoms with E-state index < -0.39 is 0 Å². The highest BCUT2D eigenvalue weighted by Crippen LogP contribution is 2.39. The number of aromatic nitrogens is 1. The minimum absolute atomic E-state index is 0.00345. The van der Waals surface area contributed by atoms with Crippen LogP contribution in [0.15, 0.2) is 23.0 Å². The number of nitrogens with one attached hydrogen (secondary N) is 1. The molecular weight excluding hydrogens is 286 g/mol. The number of halogens is 1. The fourth-order valence-electron chi connectivity index (χ4n) is 3.68. The van der Waals surface area contributed by atoms with Crippen molar-refractivity contribution in [3.8, 4) is 0 Å². The molecule has 1 fully saturated rings. The van der Waals surface area contributed by atoms with Crippen LogP contribution in [0.3, 0.4) is 0 Å². The molecule has 1 unspecified atom stereocenters. The Balaban J connectivity index is 1.87. The third kappa shape index (κ3) is 2.03. The number of benzene rings is 1. The number of fused-ring (bicyclic) bond motifs is 2. The Hall–Kier alpha value is -1.61. The number of hydrogen-bond acceptors (Lipinski definition) is 2. The zero-order valence-corrected chi connectivity index (χ0v) is 12.4. The van der Waals surface area contributed by atoms with Crippen LogP contribution in [0.1, 0.15) is 41.7 Å². The van der Waals surface area contributed by atoms with Gasteiger partial charge in [-0.1, -0.05) is 30.9 Å². The first kappa shape index (κ1) is 13.1. The lowest BCUT2D eigenvalue weighted by Crippen LogP contribution is -2.34. The van der Waals surface area contributed by atoms with Gasteiger partial charge in [-0.3, -0.25) is 9.59 Å². The zero-order valence-electron chi connectivity index (χ0n) is 11.6. The third-order valence-electron chi connectivity index (χ3n) is 5.05. The van der Waals surface area contributed by atoms with Crippen LogP contribution < -0.4 is 5.43 Å². The maximum atomic E-state index is 12.6. The molecule has 4 heteroatoms. The molecule has 0 bridgehead atoms. The molecule has 1 aromatic heterocycles. The molecule has 0 radical (unpaired) electrons. The van der Waals surface area contributed by atoms with Crippen molar-refractivity contribution >= 4 is 28.3 Å². The number of Topliss-reactive ketones (excluding diaryl/α,β-unsaturated/α-hetero) is 1. The van der Waals surface area contributed by atoms with Crippen LogP contribution in [0.5, 0.6) is 0 Å². The molecule has 108 valence electrons. The highest BCUT2D eigenvalue weighted by molar-refractivity contribution is 6.31. The quantitative estimate of drug-likeness (QED) is 0.872. The van der Waals surface area contributed by atoms with E-state index in [2.05, 4.69) is 4.98 Å². The summed E-state index contributed by atoms with van der Waals surface area (Å²) in [5, 5.41) is 1.03. The van der Waals surface area contributed by atoms with Gasteiger partial charge >= 0.3 is 0 Å². The Morgan fingerprint density at radius 2 is 1.90 bits per heavy atom. The van der Waals surface area contributed by atoms with Crippen LogP contribution in [0.25, 0.3) is 10.9 Å². The van der Waals surface area contributed by atoms with Gasteiger partial charge < -0.3 is 4.98 Å². The summed E-state index contributed by atoms with van der Waals surface area (Å²) in [5.41, 5.74) is 1.78. The molecule has 0 aliphatic heterocycles. The highest BCUT2D eigenvalue weighted by Gasteiger charge is 2.35. The van der Waals surface area contributed by atoms with Gasteiger partial charge in [0.15, 0.2) is 5.78 Å². The van der Waals surface area contributed by atoms with E-state index >= 15 is 0 Å². The molecule has 4 rings (SSSR count). The first-order chi connectivity index (χ1) is 10.1. The van der Waals surface area contributed by atoms with Crippen LogP contribution in [-0.2, 0) is 6.42 Å². The Bertz CT molecular complexity index is 804. The summed E-state index contributed by atoms with van der Waals surface area (Å²) in [6, 6.07) is 5.22. The first-order valence-electron chi connectivity index (χ1n) is 7.51. The van der Waals surface area contributed by atoms with E-state index in [4.69, 9.17) is 11.6 Å². The lowest BCUT2D eigenvalue weighted by atomic mass is 9.69. The number of carbonyl (C=O) groups excluding carboxylic acids is 1. The minimum Gasteiger partial charge on any atom is -0.358 e. The average molecular weight is 302 g/mol. The van der Waals surface area contributed by atoms with E-state index in [1.54, 1.807) is 12.1 Å². The lowest BCUT2D eigenvalue weighted by Gasteiger charge is -2.36. The van der Waals surface area contributed by atoms with Crippen molar-refractivity contribution in [2.45, 2.75) is 32.1 Å². The summed E-state index contributed by atoms with van der Waals surface area (Å²) in [6.07, 6.45) is 5.06. The smallest absolute Gasteiger partial charge is 0.200 e. The van der Waals surface area contributed by atoms with Gasteiger partial charge in [-0.05, 0) is 36.5 Å². The second kappa shape index (κ2) is 4.70. The summed E-state index contributed by atoms with van der Waals surface area (Å²) in [5.74, 6) is 1.06. The monoisotopic (exact) mass is 301 g/mol. The number of H-pyrrole nitrogens is 1. The Morgan fingerprint density at radius 1 is 1.10 bits per heavy atom. The van der Waals surface area contributed by atoms with E-state index in [1.807, 2.05) is 6.07 Å². The van der Waals surface area contributed by atoms with E-state index in [0.717, 1.165) is 17.6 Å². The van der Waals surface area contributed by atoms with Crippen molar-refractivity contribution in [3.05, 3.63) is 44.7 Å². The zero-order chi connectivity index (χ0) is 14.6. The molecule has 1 aromatic carbocycles. The van der Waals surface area contributed by atoms with Gasteiger partial charge in [0, 0.05) is 28.0 Å². The second-order valence-electron chi connectivity index (χ2n) is 6.28. The standard InChI is InChI=1S/C17H16ClNO2/c18-11-4-5-13-12(8-11)17(21)16-14(19-13)6-10(7-15(16)20)9-2-1-3-9/h4-5,8-10H,1-3,6-7H2,(H,19,21). The Kier molecular flexibility index (Phi) is 2.93. The van der Waals surface area contributed by atoms with Gasteiger partial charge in [0.05, 0.1) is 5.56 Å². The van der Waals surface area contributed by atoms with Gasteiger partial charge in [-0.15, -0.1) is 0 Å². The minimum atomic E-state index is -0.168. The Labute approximate surface area is 127 Å². The molecule has 21 heavy (non-hydrogen) atoms. The number of rotatable bonds is 1. The van der Waals surface area contributed by atoms with Crippen LogP contribution in [0.2, 0.25) is 5.02 Å². The molecule has 1 heterocycles. The largest absolute Gasteiger partial charge is 0.358 e. The molecule has 1 saturated carbocycles. The number of carbonyl (C=O) groups is 1. The van der Waals surface area contributed by atoms with Crippen molar-refractivity contribution < 1.29 is 4.79 Å². The van der Waals surface area contributed by atoms with Crippen molar-refractivity contribution in [1.29, 1.82) is 0 Å². The molecule has 1 N–H and O–H groups in total. The number of pyridine rings is 1. The van der Waals surface area contributed by atoms with Crippen LogP contribution in [0.4, 0.5) is 0 Å². The second-order valence-corrected chi connectivity index (χ2v) is 6.72. The maximum Gasteiger partial charge on any atom is 0.200 e. The van der Waals surface area contributed by atoms with Crippen LogP contribution >= 0.6 is 11.6 Å². The number of ketones is 1. The molecule has 1 atom stereocenters.